The SMILES string of the molecule is CN(CC1CCCOC1)c1nccc(C#N)n1. The molecule has 0 N–H and O–H groups in total. The lowest BCUT2D eigenvalue weighted by molar-refractivity contribution is 0.0575. The average Bonchev–Trinajstić information content (AvgIpc) is 2.40. The topological polar surface area (TPSA) is 62.0 Å². The molecule has 1 aromatic rings. The van der Waals surface area contributed by atoms with Gasteiger partial charge >= 0.3 is 0 Å². The Morgan fingerprint density at radius 2 is 2.53 bits per heavy atom. The van der Waals surface area contributed by atoms with Crippen LogP contribution in [0.4, 0.5) is 5.95 Å². The van der Waals surface area contributed by atoms with E-state index in [1.807, 2.05) is 18.0 Å². The summed E-state index contributed by atoms with van der Waals surface area (Å²) in [5.74, 6) is 1.14. The largest absolute Gasteiger partial charge is 0.381 e. The van der Waals surface area contributed by atoms with Crippen molar-refractivity contribution in [1.29, 1.82) is 5.26 Å². The Balaban J connectivity index is 1.98. The first kappa shape index (κ1) is 11.8. The predicted octanol–water partition coefficient (Wildman–Crippen LogP) is 1.21. The summed E-state index contributed by atoms with van der Waals surface area (Å²) in [6.45, 7) is 2.55. The molecule has 1 saturated heterocycles. The standard InChI is InChI=1S/C12H16N4O/c1-16(8-10-3-2-6-17-9-10)12-14-5-4-11(7-13)15-12/h4-5,10H,2-3,6,8-9H2,1H3. The summed E-state index contributed by atoms with van der Waals surface area (Å²) < 4.78 is 5.44. The normalized spacial score (nSPS) is 19.6. The van der Waals surface area contributed by atoms with Crippen LogP contribution in [0.15, 0.2) is 12.3 Å². The molecule has 0 radical (unpaired) electrons. The predicted molar refractivity (Wildman–Crippen MR) is 63.6 cm³/mol. The van der Waals surface area contributed by atoms with E-state index in [9.17, 15) is 0 Å². The molecule has 0 saturated carbocycles. The number of nitriles is 1. The number of anilines is 1. The third kappa shape index (κ3) is 3.14. The third-order valence-corrected chi connectivity index (χ3v) is 2.89. The highest BCUT2D eigenvalue weighted by atomic mass is 16.5. The zero-order chi connectivity index (χ0) is 12.1. The van der Waals surface area contributed by atoms with Gasteiger partial charge in [-0.1, -0.05) is 0 Å². The summed E-state index contributed by atoms with van der Waals surface area (Å²) >= 11 is 0. The van der Waals surface area contributed by atoms with Gasteiger partial charge in [0.15, 0.2) is 0 Å². The molecule has 17 heavy (non-hydrogen) atoms. The number of nitrogens with zero attached hydrogens (tertiary/aromatic N) is 4. The molecule has 1 aliphatic heterocycles. The van der Waals surface area contributed by atoms with Crippen molar-refractivity contribution in [2.75, 3.05) is 31.7 Å². The van der Waals surface area contributed by atoms with Crippen LogP contribution in [0, 0.1) is 17.2 Å². The van der Waals surface area contributed by atoms with Gasteiger partial charge < -0.3 is 9.64 Å². The lowest BCUT2D eigenvalue weighted by atomic mass is 10.0. The Morgan fingerprint density at radius 1 is 1.65 bits per heavy atom. The zero-order valence-electron chi connectivity index (χ0n) is 9.96. The van der Waals surface area contributed by atoms with Crippen molar-refractivity contribution in [3.8, 4) is 6.07 Å². The van der Waals surface area contributed by atoms with Crippen LogP contribution in [-0.2, 0) is 4.74 Å². The van der Waals surface area contributed by atoms with Crippen LogP contribution in [-0.4, -0.2) is 36.8 Å². The van der Waals surface area contributed by atoms with Crippen molar-refractivity contribution < 1.29 is 4.74 Å². The Labute approximate surface area is 101 Å². The molecule has 0 aliphatic carbocycles. The van der Waals surface area contributed by atoms with Crippen LogP contribution in [0.1, 0.15) is 18.5 Å². The maximum Gasteiger partial charge on any atom is 0.226 e. The van der Waals surface area contributed by atoms with Gasteiger partial charge in [0.2, 0.25) is 5.95 Å². The van der Waals surface area contributed by atoms with Gasteiger partial charge in [-0.3, -0.25) is 0 Å². The highest BCUT2D eigenvalue weighted by Gasteiger charge is 2.17. The van der Waals surface area contributed by atoms with E-state index in [2.05, 4.69) is 9.97 Å². The minimum atomic E-state index is 0.404. The number of ether oxygens (including phenoxy) is 1. The minimum Gasteiger partial charge on any atom is -0.381 e. The van der Waals surface area contributed by atoms with E-state index >= 15 is 0 Å². The van der Waals surface area contributed by atoms with E-state index in [1.54, 1.807) is 12.3 Å². The summed E-state index contributed by atoms with van der Waals surface area (Å²) in [5, 5.41) is 8.79. The van der Waals surface area contributed by atoms with E-state index in [4.69, 9.17) is 10.00 Å². The van der Waals surface area contributed by atoms with Crippen molar-refractivity contribution in [2.24, 2.45) is 5.92 Å². The molecule has 0 aromatic carbocycles. The first-order valence-corrected chi connectivity index (χ1v) is 5.81. The van der Waals surface area contributed by atoms with Gasteiger partial charge in [-0.05, 0) is 24.8 Å². The molecule has 0 amide bonds. The van der Waals surface area contributed by atoms with Crippen LogP contribution < -0.4 is 4.90 Å². The molecule has 1 fully saturated rings. The van der Waals surface area contributed by atoms with Gasteiger partial charge in [0, 0.05) is 26.4 Å². The summed E-state index contributed by atoms with van der Waals surface area (Å²) in [7, 11) is 1.95. The number of hydrogen-bond acceptors (Lipinski definition) is 5. The quantitative estimate of drug-likeness (QED) is 0.784. The van der Waals surface area contributed by atoms with Crippen molar-refractivity contribution in [3.63, 3.8) is 0 Å². The van der Waals surface area contributed by atoms with E-state index in [-0.39, 0.29) is 0 Å². The van der Waals surface area contributed by atoms with Gasteiger partial charge in [-0.2, -0.15) is 5.26 Å². The molecule has 0 spiro atoms. The highest BCUT2D eigenvalue weighted by molar-refractivity contribution is 5.32. The molecule has 5 nitrogen and oxygen atoms in total. The molecule has 1 aliphatic rings. The molecule has 1 aromatic heterocycles. The summed E-state index contributed by atoms with van der Waals surface area (Å²) in [6, 6.07) is 3.64. The summed E-state index contributed by atoms with van der Waals surface area (Å²) in [6.07, 6.45) is 3.93. The maximum absolute atomic E-state index is 8.79. The molecule has 2 heterocycles. The Hall–Kier alpha value is -1.67. The average molecular weight is 232 g/mol. The van der Waals surface area contributed by atoms with Crippen LogP contribution >= 0.6 is 0 Å². The van der Waals surface area contributed by atoms with Crippen molar-refractivity contribution in [1.82, 2.24) is 9.97 Å². The van der Waals surface area contributed by atoms with Crippen LogP contribution in [0.25, 0.3) is 0 Å². The lowest BCUT2D eigenvalue weighted by Gasteiger charge is -2.27. The van der Waals surface area contributed by atoms with E-state index < -0.39 is 0 Å². The smallest absolute Gasteiger partial charge is 0.226 e. The molecule has 5 heteroatoms. The Bertz CT molecular complexity index is 409. The van der Waals surface area contributed by atoms with Crippen LogP contribution in [0.2, 0.25) is 0 Å². The number of hydrogen-bond donors (Lipinski definition) is 0. The first-order chi connectivity index (χ1) is 8.29. The van der Waals surface area contributed by atoms with E-state index in [1.165, 1.54) is 6.42 Å². The fraction of sp³-hybridized carbons (Fsp3) is 0.583. The second-order valence-corrected chi connectivity index (χ2v) is 4.32. The fourth-order valence-electron chi connectivity index (χ4n) is 2.01. The number of aromatic nitrogens is 2. The Morgan fingerprint density at radius 3 is 3.24 bits per heavy atom. The molecule has 1 unspecified atom stereocenters. The second kappa shape index (κ2) is 5.60. The third-order valence-electron chi connectivity index (χ3n) is 2.89. The molecular weight excluding hydrogens is 216 g/mol. The first-order valence-electron chi connectivity index (χ1n) is 5.81. The van der Waals surface area contributed by atoms with Gasteiger partial charge in [-0.25, -0.2) is 9.97 Å². The lowest BCUT2D eigenvalue weighted by Crippen LogP contribution is -2.31. The second-order valence-electron chi connectivity index (χ2n) is 4.32. The van der Waals surface area contributed by atoms with Crippen LogP contribution in [0.5, 0.6) is 0 Å². The van der Waals surface area contributed by atoms with E-state index in [0.717, 1.165) is 26.2 Å². The van der Waals surface area contributed by atoms with Crippen molar-refractivity contribution in [3.05, 3.63) is 18.0 Å². The monoisotopic (exact) mass is 232 g/mol. The highest BCUT2D eigenvalue weighted by Crippen LogP contribution is 2.16. The van der Waals surface area contributed by atoms with Crippen molar-refractivity contribution >= 4 is 5.95 Å². The number of rotatable bonds is 3. The van der Waals surface area contributed by atoms with Gasteiger partial charge in [0.05, 0.1) is 6.61 Å². The molecule has 90 valence electrons. The van der Waals surface area contributed by atoms with Crippen LogP contribution in [0.3, 0.4) is 0 Å². The molecule has 1 atom stereocenters. The minimum absolute atomic E-state index is 0.404. The zero-order valence-corrected chi connectivity index (χ0v) is 9.96. The molecular formula is C12H16N4O. The maximum atomic E-state index is 8.79. The van der Waals surface area contributed by atoms with E-state index in [0.29, 0.717) is 17.6 Å². The summed E-state index contributed by atoms with van der Waals surface area (Å²) in [5.41, 5.74) is 0.404. The Kier molecular flexibility index (Phi) is 3.89. The fourth-order valence-corrected chi connectivity index (χ4v) is 2.01. The summed E-state index contributed by atoms with van der Waals surface area (Å²) in [4.78, 5) is 10.3. The van der Waals surface area contributed by atoms with Crippen molar-refractivity contribution in [2.45, 2.75) is 12.8 Å². The van der Waals surface area contributed by atoms with Gasteiger partial charge in [0.25, 0.3) is 0 Å². The molecule has 2 rings (SSSR count). The van der Waals surface area contributed by atoms with Gasteiger partial charge in [-0.15, -0.1) is 0 Å². The van der Waals surface area contributed by atoms with Gasteiger partial charge in [0.1, 0.15) is 11.8 Å². The molecule has 0 bridgehead atoms.